The molecule has 0 spiro atoms. The van der Waals surface area contributed by atoms with E-state index in [1.165, 1.54) is 0 Å². The number of rotatable bonds is 3. The summed E-state index contributed by atoms with van der Waals surface area (Å²) in [6, 6.07) is 1.90. The van der Waals surface area contributed by atoms with E-state index in [1.54, 1.807) is 4.90 Å². The van der Waals surface area contributed by atoms with E-state index < -0.39 is 0 Å². The van der Waals surface area contributed by atoms with Crippen LogP contribution < -0.4 is 0 Å². The van der Waals surface area contributed by atoms with Crippen LogP contribution in [0.5, 0.6) is 0 Å². The molecule has 1 aliphatic rings. The topological polar surface area (TPSA) is 51.3 Å². The van der Waals surface area contributed by atoms with Gasteiger partial charge in [0.25, 0.3) is 5.91 Å². The first kappa shape index (κ1) is 13.9. The number of hydrogen-bond donors (Lipinski definition) is 0. The van der Waals surface area contributed by atoms with Crippen molar-refractivity contribution in [1.82, 2.24) is 14.5 Å². The van der Waals surface area contributed by atoms with Crippen molar-refractivity contribution in [3.05, 3.63) is 41.4 Å². The van der Waals surface area contributed by atoms with Crippen molar-refractivity contribution in [1.29, 1.82) is 0 Å². The van der Waals surface area contributed by atoms with Gasteiger partial charge in [-0.1, -0.05) is 0 Å². The summed E-state index contributed by atoms with van der Waals surface area (Å²) >= 11 is 0. The molecule has 0 N–H and O–H groups in total. The molecule has 2 aromatic rings. The molecule has 0 bridgehead atoms. The number of aromatic nitrogens is 2. The Morgan fingerprint density at radius 3 is 3.05 bits per heavy atom. The summed E-state index contributed by atoms with van der Waals surface area (Å²) < 4.78 is 7.71. The van der Waals surface area contributed by atoms with Crippen molar-refractivity contribution < 1.29 is 9.21 Å². The van der Waals surface area contributed by atoms with Crippen LogP contribution in [-0.2, 0) is 13.0 Å². The highest BCUT2D eigenvalue weighted by Crippen LogP contribution is 2.21. The molecule has 5 nitrogen and oxygen atoms in total. The highest BCUT2D eigenvalue weighted by Gasteiger charge is 2.24. The van der Waals surface area contributed by atoms with Gasteiger partial charge in [0.1, 0.15) is 11.6 Å². The first-order valence-corrected chi connectivity index (χ1v) is 7.37. The van der Waals surface area contributed by atoms with Gasteiger partial charge in [-0.05, 0) is 32.3 Å². The summed E-state index contributed by atoms with van der Waals surface area (Å²) in [4.78, 5) is 18.6. The summed E-state index contributed by atoms with van der Waals surface area (Å²) in [5.41, 5.74) is 0.907. The molecule has 0 saturated carbocycles. The van der Waals surface area contributed by atoms with Crippen LogP contribution >= 0.6 is 0 Å². The molecular formula is C16H21N3O2. The number of nitrogens with zero attached hydrogens (tertiary/aromatic N) is 3. The SMILES string of the molecule is Cc1cc(C)c(C(=O)N(C)C[C@H]2CCc3nccn3C2)o1. The number of aryl methyl sites for hydroxylation is 3. The molecule has 0 aliphatic carbocycles. The second kappa shape index (κ2) is 5.39. The highest BCUT2D eigenvalue weighted by molar-refractivity contribution is 5.92. The molecule has 3 rings (SSSR count). The van der Waals surface area contributed by atoms with Gasteiger partial charge in [-0.2, -0.15) is 0 Å². The van der Waals surface area contributed by atoms with Crippen LogP contribution in [0.2, 0.25) is 0 Å². The number of carbonyl (C=O) groups excluding carboxylic acids is 1. The molecule has 0 aromatic carbocycles. The Bertz CT molecular complexity index is 656. The van der Waals surface area contributed by atoms with E-state index in [2.05, 4.69) is 9.55 Å². The number of hydrogen-bond acceptors (Lipinski definition) is 3. The Morgan fingerprint density at radius 2 is 2.33 bits per heavy atom. The summed E-state index contributed by atoms with van der Waals surface area (Å²) in [7, 11) is 1.85. The number of imidazole rings is 1. The zero-order valence-corrected chi connectivity index (χ0v) is 12.8. The summed E-state index contributed by atoms with van der Waals surface area (Å²) in [5.74, 6) is 2.84. The first-order chi connectivity index (χ1) is 10.0. The van der Waals surface area contributed by atoms with Gasteiger partial charge in [-0.15, -0.1) is 0 Å². The maximum atomic E-state index is 12.5. The monoisotopic (exact) mass is 287 g/mol. The van der Waals surface area contributed by atoms with Crippen LogP contribution in [0.15, 0.2) is 22.9 Å². The van der Waals surface area contributed by atoms with Gasteiger partial charge in [0.2, 0.25) is 0 Å². The zero-order chi connectivity index (χ0) is 15.0. The summed E-state index contributed by atoms with van der Waals surface area (Å²) in [5, 5.41) is 0. The molecule has 0 saturated heterocycles. The number of fused-ring (bicyclic) bond motifs is 1. The fraction of sp³-hybridized carbons (Fsp3) is 0.500. The molecular weight excluding hydrogens is 266 g/mol. The molecule has 0 fully saturated rings. The predicted molar refractivity (Wildman–Crippen MR) is 79.2 cm³/mol. The van der Waals surface area contributed by atoms with Crippen LogP contribution in [0, 0.1) is 19.8 Å². The normalized spacial score (nSPS) is 17.6. The van der Waals surface area contributed by atoms with E-state index in [4.69, 9.17) is 4.42 Å². The second-order valence-corrected chi connectivity index (χ2v) is 5.96. The highest BCUT2D eigenvalue weighted by atomic mass is 16.4. The van der Waals surface area contributed by atoms with E-state index in [0.29, 0.717) is 11.7 Å². The van der Waals surface area contributed by atoms with Gasteiger partial charge < -0.3 is 13.9 Å². The van der Waals surface area contributed by atoms with E-state index in [1.807, 2.05) is 39.4 Å². The Morgan fingerprint density at radius 1 is 1.52 bits per heavy atom. The molecule has 21 heavy (non-hydrogen) atoms. The first-order valence-electron chi connectivity index (χ1n) is 7.37. The maximum Gasteiger partial charge on any atom is 0.289 e. The minimum atomic E-state index is -0.0305. The molecule has 2 aromatic heterocycles. The van der Waals surface area contributed by atoms with Crippen LogP contribution in [0.1, 0.15) is 34.1 Å². The predicted octanol–water partition coefficient (Wildman–Crippen LogP) is 2.43. The summed E-state index contributed by atoms with van der Waals surface area (Å²) in [6.07, 6.45) is 5.92. The average Bonchev–Trinajstić information content (AvgIpc) is 3.03. The van der Waals surface area contributed by atoms with Crippen molar-refractivity contribution in [2.75, 3.05) is 13.6 Å². The third-order valence-electron chi connectivity index (χ3n) is 4.15. The van der Waals surface area contributed by atoms with Gasteiger partial charge in [0.05, 0.1) is 0 Å². The molecule has 112 valence electrons. The lowest BCUT2D eigenvalue weighted by atomic mass is 9.99. The number of furan rings is 1. The molecule has 1 aliphatic heterocycles. The van der Waals surface area contributed by atoms with Crippen molar-refractivity contribution >= 4 is 5.91 Å². The maximum absolute atomic E-state index is 12.5. The summed E-state index contributed by atoms with van der Waals surface area (Å²) in [6.45, 7) is 5.46. The third-order valence-corrected chi connectivity index (χ3v) is 4.15. The molecule has 0 radical (unpaired) electrons. The van der Waals surface area contributed by atoms with Crippen LogP contribution in [0.4, 0.5) is 0 Å². The molecule has 5 heteroatoms. The van der Waals surface area contributed by atoms with Crippen molar-refractivity contribution in [2.24, 2.45) is 5.92 Å². The lowest BCUT2D eigenvalue weighted by Crippen LogP contribution is -2.35. The Balaban J connectivity index is 1.65. The molecule has 0 unspecified atom stereocenters. The van der Waals surface area contributed by atoms with E-state index in [0.717, 1.165) is 43.1 Å². The van der Waals surface area contributed by atoms with Gasteiger partial charge in [-0.3, -0.25) is 4.79 Å². The quantitative estimate of drug-likeness (QED) is 0.871. The van der Waals surface area contributed by atoms with E-state index >= 15 is 0 Å². The van der Waals surface area contributed by atoms with E-state index in [-0.39, 0.29) is 5.91 Å². The van der Waals surface area contributed by atoms with Crippen LogP contribution in [0.25, 0.3) is 0 Å². The van der Waals surface area contributed by atoms with Gasteiger partial charge in [0, 0.05) is 44.5 Å². The standard InChI is InChI=1S/C16H21N3O2/c1-11-8-12(2)21-15(11)16(20)18(3)9-13-4-5-14-17-6-7-19(14)10-13/h6-8,13H,4-5,9-10H2,1-3H3/t13-/m1/s1. The van der Waals surface area contributed by atoms with Crippen LogP contribution in [-0.4, -0.2) is 34.0 Å². The van der Waals surface area contributed by atoms with E-state index in [9.17, 15) is 4.79 Å². The lowest BCUT2D eigenvalue weighted by Gasteiger charge is -2.27. The fourth-order valence-electron chi connectivity index (χ4n) is 3.08. The van der Waals surface area contributed by atoms with Gasteiger partial charge >= 0.3 is 0 Å². The molecule has 1 amide bonds. The van der Waals surface area contributed by atoms with Crippen molar-refractivity contribution in [3.63, 3.8) is 0 Å². The lowest BCUT2D eigenvalue weighted by molar-refractivity contribution is 0.0726. The second-order valence-electron chi connectivity index (χ2n) is 5.96. The van der Waals surface area contributed by atoms with Gasteiger partial charge in [0.15, 0.2) is 5.76 Å². The van der Waals surface area contributed by atoms with Gasteiger partial charge in [-0.25, -0.2) is 4.98 Å². The molecule has 3 heterocycles. The third kappa shape index (κ3) is 2.73. The van der Waals surface area contributed by atoms with Crippen LogP contribution in [0.3, 0.4) is 0 Å². The zero-order valence-electron chi connectivity index (χ0n) is 12.8. The largest absolute Gasteiger partial charge is 0.456 e. The Kier molecular flexibility index (Phi) is 3.57. The molecule has 1 atom stereocenters. The average molecular weight is 287 g/mol. The van der Waals surface area contributed by atoms with Crippen molar-refractivity contribution in [2.45, 2.75) is 33.2 Å². The minimum Gasteiger partial charge on any atom is -0.456 e. The Labute approximate surface area is 124 Å². The number of amides is 1. The smallest absolute Gasteiger partial charge is 0.289 e. The number of carbonyl (C=O) groups is 1. The van der Waals surface area contributed by atoms with Crippen molar-refractivity contribution in [3.8, 4) is 0 Å². The Hall–Kier alpha value is -2.04. The fourth-order valence-corrected chi connectivity index (χ4v) is 3.08. The minimum absolute atomic E-state index is 0.0305.